The van der Waals surface area contributed by atoms with E-state index in [4.69, 9.17) is 0 Å². The van der Waals surface area contributed by atoms with E-state index in [1.807, 2.05) is 65.7 Å². The van der Waals surface area contributed by atoms with Crippen molar-refractivity contribution in [2.24, 2.45) is 0 Å². The van der Waals surface area contributed by atoms with Crippen LogP contribution in [0, 0.1) is 13.8 Å². The summed E-state index contributed by atoms with van der Waals surface area (Å²) >= 11 is 1.63. The third-order valence-corrected chi connectivity index (χ3v) is 5.03. The summed E-state index contributed by atoms with van der Waals surface area (Å²) in [4.78, 5) is 16.2. The van der Waals surface area contributed by atoms with E-state index in [9.17, 15) is 4.79 Å². The first-order chi connectivity index (χ1) is 11.2. The van der Waals surface area contributed by atoms with Gasteiger partial charge in [-0.15, -0.1) is 11.3 Å². The summed E-state index contributed by atoms with van der Waals surface area (Å²) in [6.07, 6.45) is 0. The lowest BCUT2D eigenvalue weighted by atomic mass is 10.1. The van der Waals surface area contributed by atoms with Crippen molar-refractivity contribution in [2.75, 3.05) is 4.90 Å². The van der Waals surface area contributed by atoms with Crippen molar-refractivity contribution in [2.45, 2.75) is 20.4 Å². The highest BCUT2D eigenvalue weighted by Crippen LogP contribution is 2.26. The molecular weight excluding hydrogens is 302 g/mol. The summed E-state index contributed by atoms with van der Waals surface area (Å²) in [7, 11) is 0. The molecule has 1 amide bonds. The van der Waals surface area contributed by atoms with Crippen LogP contribution in [0.2, 0.25) is 0 Å². The summed E-state index contributed by atoms with van der Waals surface area (Å²) in [5.41, 5.74) is 3.92. The summed E-state index contributed by atoms with van der Waals surface area (Å²) < 4.78 is 0. The molecule has 3 heteroatoms. The van der Waals surface area contributed by atoms with Crippen molar-refractivity contribution in [3.05, 3.63) is 87.6 Å². The molecule has 0 aliphatic heterocycles. The number of hydrogen-bond acceptors (Lipinski definition) is 2. The Morgan fingerprint density at radius 3 is 2.13 bits per heavy atom. The Kier molecular flexibility index (Phi) is 4.58. The number of anilines is 1. The summed E-state index contributed by atoms with van der Waals surface area (Å²) in [6, 6.07) is 20.0. The van der Waals surface area contributed by atoms with Gasteiger partial charge in [0.2, 0.25) is 0 Å². The molecule has 0 saturated carbocycles. The average molecular weight is 321 g/mol. The Morgan fingerprint density at radius 1 is 0.957 bits per heavy atom. The predicted molar refractivity (Wildman–Crippen MR) is 97.2 cm³/mol. The molecule has 2 nitrogen and oxygen atoms in total. The van der Waals surface area contributed by atoms with E-state index in [1.165, 1.54) is 4.88 Å². The fourth-order valence-electron chi connectivity index (χ4n) is 2.52. The molecule has 0 aliphatic carbocycles. The van der Waals surface area contributed by atoms with Crippen molar-refractivity contribution in [1.29, 1.82) is 0 Å². The smallest absolute Gasteiger partial charge is 0.259 e. The van der Waals surface area contributed by atoms with Gasteiger partial charge in [0.05, 0.1) is 12.1 Å². The van der Waals surface area contributed by atoms with Crippen LogP contribution in [-0.4, -0.2) is 5.91 Å². The van der Waals surface area contributed by atoms with Gasteiger partial charge >= 0.3 is 0 Å². The molecule has 2 aromatic carbocycles. The lowest BCUT2D eigenvalue weighted by Crippen LogP contribution is -2.30. The highest BCUT2D eigenvalue weighted by atomic mass is 32.1. The maximum atomic E-state index is 13.1. The zero-order chi connectivity index (χ0) is 16.2. The Bertz CT molecular complexity index is 793. The first-order valence-electron chi connectivity index (χ1n) is 7.62. The summed E-state index contributed by atoms with van der Waals surface area (Å²) in [5, 5.41) is 1.97. The van der Waals surface area contributed by atoms with E-state index >= 15 is 0 Å². The molecule has 1 aromatic heterocycles. The largest absolute Gasteiger partial charge is 0.304 e. The third-order valence-electron chi connectivity index (χ3n) is 4.01. The molecule has 3 rings (SSSR count). The maximum Gasteiger partial charge on any atom is 0.259 e. The fraction of sp³-hybridized carbons (Fsp3) is 0.150. The number of rotatable bonds is 4. The molecule has 0 N–H and O–H groups in total. The minimum Gasteiger partial charge on any atom is -0.304 e. The Labute approximate surface area is 141 Å². The Morgan fingerprint density at radius 2 is 1.57 bits per heavy atom. The number of benzene rings is 2. The number of hydrogen-bond donors (Lipinski definition) is 0. The minimum absolute atomic E-state index is 0.0573. The van der Waals surface area contributed by atoms with Gasteiger partial charge in [-0.2, -0.15) is 0 Å². The average Bonchev–Trinajstić information content (AvgIpc) is 2.93. The number of amides is 1. The molecule has 0 saturated heterocycles. The van der Waals surface area contributed by atoms with Gasteiger partial charge < -0.3 is 4.90 Å². The highest BCUT2D eigenvalue weighted by molar-refractivity contribution is 7.10. The summed E-state index contributed by atoms with van der Waals surface area (Å²) in [5.74, 6) is 0.0573. The Balaban J connectivity index is 1.98. The van der Waals surface area contributed by atoms with Crippen molar-refractivity contribution in [3.63, 3.8) is 0 Å². The zero-order valence-corrected chi connectivity index (χ0v) is 14.1. The van der Waals surface area contributed by atoms with Crippen molar-refractivity contribution in [1.82, 2.24) is 0 Å². The van der Waals surface area contributed by atoms with Crippen LogP contribution in [0.3, 0.4) is 0 Å². The number of para-hydroxylation sites is 1. The van der Waals surface area contributed by atoms with Crippen LogP contribution >= 0.6 is 11.3 Å². The quantitative estimate of drug-likeness (QED) is 0.646. The first kappa shape index (κ1) is 15.5. The standard InChI is InChI=1S/C20H19NOS/c1-15-16(2)23-14-19(15)20(22)21(18-11-7-4-8-12-18)13-17-9-5-3-6-10-17/h3-12,14H,13H2,1-2H3. The second-order valence-corrected chi connectivity index (χ2v) is 6.63. The van der Waals surface area contributed by atoms with Gasteiger partial charge in [0.25, 0.3) is 5.91 Å². The molecule has 23 heavy (non-hydrogen) atoms. The number of nitrogens with zero attached hydrogens (tertiary/aromatic N) is 1. The molecule has 0 bridgehead atoms. The van der Waals surface area contributed by atoms with Crippen molar-refractivity contribution >= 4 is 22.9 Å². The van der Waals surface area contributed by atoms with Crippen LogP contribution in [0.4, 0.5) is 5.69 Å². The second kappa shape index (κ2) is 6.80. The minimum atomic E-state index is 0.0573. The van der Waals surface area contributed by atoms with Crippen LogP contribution in [0.25, 0.3) is 0 Å². The Hall–Kier alpha value is -2.39. The lowest BCUT2D eigenvalue weighted by Gasteiger charge is -2.23. The normalized spacial score (nSPS) is 10.5. The van der Waals surface area contributed by atoms with E-state index in [-0.39, 0.29) is 5.91 Å². The van der Waals surface area contributed by atoms with Gasteiger partial charge in [-0.25, -0.2) is 0 Å². The monoisotopic (exact) mass is 321 g/mol. The molecular formula is C20H19NOS. The van der Waals surface area contributed by atoms with Crippen LogP contribution in [0.5, 0.6) is 0 Å². The number of carbonyl (C=O) groups is 1. The van der Waals surface area contributed by atoms with Crippen LogP contribution in [-0.2, 0) is 6.54 Å². The van der Waals surface area contributed by atoms with Crippen molar-refractivity contribution in [3.8, 4) is 0 Å². The van der Waals surface area contributed by atoms with Gasteiger partial charge in [0, 0.05) is 15.9 Å². The van der Waals surface area contributed by atoms with Crippen LogP contribution in [0.15, 0.2) is 66.0 Å². The molecule has 0 spiro atoms. The molecule has 116 valence electrons. The van der Waals surface area contributed by atoms with Gasteiger partial charge in [0.15, 0.2) is 0 Å². The van der Waals surface area contributed by atoms with Gasteiger partial charge in [-0.3, -0.25) is 4.79 Å². The van der Waals surface area contributed by atoms with E-state index < -0.39 is 0 Å². The maximum absolute atomic E-state index is 13.1. The van der Waals surface area contributed by atoms with E-state index in [2.05, 4.69) is 19.1 Å². The SMILES string of the molecule is Cc1scc(C(=O)N(Cc2ccccc2)c2ccccc2)c1C. The highest BCUT2D eigenvalue weighted by Gasteiger charge is 2.21. The van der Waals surface area contributed by atoms with E-state index in [0.717, 1.165) is 22.4 Å². The van der Waals surface area contributed by atoms with Crippen LogP contribution < -0.4 is 4.90 Å². The van der Waals surface area contributed by atoms with Gasteiger partial charge in [-0.1, -0.05) is 48.5 Å². The molecule has 0 radical (unpaired) electrons. The number of aryl methyl sites for hydroxylation is 1. The summed E-state index contributed by atoms with van der Waals surface area (Å²) in [6.45, 7) is 4.64. The number of carbonyl (C=O) groups excluding carboxylic acids is 1. The lowest BCUT2D eigenvalue weighted by molar-refractivity contribution is 0.0985. The zero-order valence-electron chi connectivity index (χ0n) is 13.3. The van der Waals surface area contributed by atoms with Crippen LogP contribution in [0.1, 0.15) is 26.4 Å². The van der Waals surface area contributed by atoms with Gasteiger partial charge in [0.1, 0.15) is 0 Å². The molecule has 0 aliphatic rings. The topological polar surface area (TPSA) is 20.3 Å². The molecule has 0 atom stereocenters. The molecule has 1 heterocycles. The van der Waals surface area contributed by atoms with Gasteiger partial charge in [-0.05, 0) is 37.1 Å². The van der Waals surface area contributed by atoms with E-state index in [1.54, 1.807) is 11.3 Å². The molecule has 3 aromatic rings. The first-order valence-corrected chi connectivity index (χ1v) is 8.50. The predicted octanol–water partition coefficient (Wildman–Crippen LogP) is 5.21. The van der Waals surface area contributed by atoms with E-state index in [0.29, 0.717) is 6.54 Å². The van der Waals surface area contributed by atoms with Crippen molar-refractivity contribution < 1.29 is 4.79 Å². The second-order valence-electron chi connectivity index (χ2n) is 5.54. The molecule has 0 fully saturated rings. The molecule has 0 unspecified atom stereocenters. The third kappa shape index (κ3) is 3.35. The number of thiophene rings is 1. The fourth-order valence-corrected chi connectivity index (χ4v) is 3.38.